The predicted molar refractivity (Wildman–Crippen MR) is 66.8 cm³/mol. The molecular formula is C12H15BrN2O. The predicted octanol–water partition coefficient (Wildman–Crippen LogP) is 2.39. The van der Waals surface area contributed by atoms with Crippen LogP contribution >= 0.6 is 15.9 Å². The Balaban J connectivity index is 2.15. The van der Waals surface area contributed by atoms with Crippen molar-refractivity contribution in [3.8, 4) is 0 Å². The third kappa shape index (κ3) is 2.61. The van der Waals surface area contributed by atoms with E-state index in [0.29, 0.717) is 11.6 Å². The highest BCUT2D eigenvalue weighted by Gasteiger charge is 2.32. The van der Waals surface area contributed by atoms with E-state index in [1.165, 1.54) is 0 Å². The van der Waals surface area contributed by atoms with Gasteiger partial charge in [0.05, 0.1) is 5.56 Å². The zero-order valence-corrected chi connectivity index (χ0v) is 10.9. The van der Waals surface area contributed by atoms with Gasteiger partial charge in [0, 0.05) is 30.3 Å². The first-order valence-corrected chi connectivity index (χ1v) is 6.63. The van der Waals surface area contributed by atoms with Crippen LogP contribution in [0.1, 0.15) is 28.8 Å². The van der Waals surface area contributed by atoms with Crippen LogP contribution in [0.5, 0.6) is 0 Å². The highest BCUT2D eigenvalue weighted by Crippen LogP contribution is 2.28. The van der Waals surface area contributed by atoms with Gasteiger partial charge in [0.2, 0.25) is 0 Å². The van der Waals surface area contributed by atoms with Crippen molar-refractivity contribution in [2.45, 2.75) is 25.8 Å². The minimum Gasteiger partial charge on any atom is -0.335 e. The molecule has 4 heteroatoms. The Hall–Kier alpha value is -0.900. The van der Waals surface area contributed by atoms with E-state index in [4.69, 9.17) is 0 Å². The fourth-order valence-corrected chi connectivity index (χ4v) is 2.15. The highest BCUT2D eigenvalue weighted by atomic mass is 79.9. The summed E-state index contributed by atoms with van der Waals surface area (Å²) in [5, 5.41) is 0.828. The smallest absolute Gasteiger partial charge is 0.255 e. The van der Waals surface area contributed by atoms with Crippen LogP contribution in [0.15, 0.2) is 18.5 Å². The average molecular weight is 283 g/mol. The Bertz CT molecular complexity index is 390. The molecule has 1 heterocycles. The summed E-state index contributed by atoms with van der Waals surface area (Å²) in [5.74, 6) is 0.109. The number of alkyl halides is 1. The van der Waals surface area contributed by atoms with Gasteiger partial charge in [-0.3, -0.25) is 9.78 Å². The monoisotopic (exact) mass is 282 g/mol. The molecule has 1 aliphatic rings. The summed E-state index contributed by atoms with van der Waals surface area (Å²) in [7, 11) is 0. The molecule has 1 amide bonds. The highest BCUT2D eigenvalue weighted by molar-refractivity contribution is 9.09. The van der Waals surface area contributed by atoms with Crippen molar-refractivity contribution < 1.29 is 4.79 Å². The second-order valence-corrected chi connectivity index (χ2v) is 4.96. The summed E-state index contributed by atoms with van der Waals surface area (Å²) < 4.78 is 0. The molecule has 16 heavy (non-hydrogen) atoms. The molecule has 0 aliphatic heterocycles. The summed E-state index contributed by atoms with van der Waals surface area (Å²) >= 11 is 3.39. The number of halogens is 1. The van der Waals surface area contributed by atoms with Crippen LogP contribution in [0.3, 0.4) is 0 Å². The van der Waals surface area contributed by atoms with Gasteiger partial charge in [-0.15, -0.1) is 0 Å². The van der Waals surface area contributed by atoms with Gasteiger partial charge >= 0.3 is 0 Å². The lowest BCUT2D eigenvalue weighted by molar-refractivity contribution is 0.0754. The number of pyridine rings is 1. The lowest BCUT2D eigenvalue weighted by Crippen LogP contribution is -2.34. The largest absolute Gasteiger partial charge is 0.335 e. The summed E-state index contributed by atoms with van der Waals surface area (Å²) in [6.07, 6.45) is 5.69. The van der Waals surface area contributed by atoms with E-state index >= 15 is 0 Å². The zero-order valence-electron chi connectivity index (χ0n) is 9.32. The Kier molecular flexibility index (Phi) is 3.59. The molecule has 1 fully saturated rings. The van der Waals surface area contributed by atoms with E-state index in [-0.39, 0.29) is 5.91 Å². The minimum atomic E-state index is 0.109. The van der Waals surface area contributed by atoms with Crippen LogP contribution in [0.2, 0.25) is 0 Å². The van der Waals surface area contributed by atoms with Crippen LogP contribution in [-0.4, -0.2) is 33.7 Å². The topological polar surface area (TPSA) is 33.2 Å². The molecule has 0 saturated heterocycles. The molecule has 0 atom stereocenters. The Morgan fingerprint density at radius 3 is 2.88 bits per heavy atom. The number of carbonyl (C=O) groups excluding carboxylic acids is 1. The van der Waals surface area contributed by atoms with E-state index in [0.717, 1.165) is 30.3 Å². The van der Waals surface area contributed by atoms with Crippen LogP contribution in [-0.2, 0) is 0 Å². The molecule has 0 unspecified atom stereocenters. The van der Waals surface area contributed by atoms with Crippen LogP contribution in [0.4, 0.5) is 0 Å². The standard InChI is InChI=1S/C12H15BrN2O/c1-9-6-10(8-14-7-9)12(16)15(5-4-13)11-2-3-11/h6-8,11H,2-5H2,1H3. The SMILES string of the molecule is Cc1cncc(C(=O)N(CCBr)C2CC2)c1. The number of nitrogens with zero attached hydrogens (tertiary/aromatic N) is 2. The first-order chi connectivity index (χ1) is 7.72. The van der Waals surface area contributed by atoms with Crippen molar-refractivity contribution in [1.29, 1.82) is 0 Å². The van der Waals surface area contributed by atoms with Gasteiger partial charge in [-0.2, -0.15) is 0 Å². The Morgan fingerprint density at radius 2 is 2.31 bits per heavy atom. The molecule has 1 aromatic heterocycles. The minimum absolute atomic E-state index is 0.109. The fraction of sp³-hybridized carbons (Fsp3) is 0.500. The molecule has 3 nitrogen and oxygen atoms in total. The summed E-state index contributed by atoms with van der Waals surface area (Å²) in [4.78, 5) is 18.3. The van der Waals surface area contributed by atoms with Crippen molar-refractivity contribution in [3.63, 3.8) is 0 Å². The average Bonchev–Trinajstić information content (AvgIpc) is 3.09. The van der Waals surface area contributed by atoms with Crippen molar-refractivity contribution in [2.75, 3.05) is 11.9 Å². The molecular weight excluding hydrogens is 268 g/mol. The number of amides is 1. The van der Waals surface area contributed by atoms with E-state index in [9.17, 15) is 4.79 Å². The summed E-state index contributed by atoms with van der Waals surface area (Å²) in [6, 6.07) is 2.35. The first kappa shape index (κ1) is 11.6. The van der Waals surface area contributed by atoms with E-state index < -0.39 is 0 Å². The van der Waals surface area contributed by atoms with E-state index in [1.54, 1.807) is 12.4 Å². The number of carbonyl (C=O) groups is 1. The van der Waals surface area contributed by atoms with Crippen LogP contribution in [0, 0.1) is 6.92 Å². The molecule has 0 spiro atoms. The Labute approximate surface area is 104 Å². The second-order valence-electron chi connectivity index (χ2n) is 4.17. The summed E-state index contributed by atoms with van der Waals surface area (Å²) in [6.45, 7) is 2.73. The van der Waals surface area contributed by atoms with Gasteiger partial charge in [-0.05, 0) is 31.4 Å². The molecule has 0 radical (unpaired) electrons. The third-order valence-corrected chi connectivity index (χ3v) is 3.05. The van der Waals surface area contributed by atoms with Crippen molar-refractivity contribution in [2.24, 2.45) is 0 Å². The van der Waals surface area contributed by atoms with Gasteiger partial charge in [0.1, 0.15) is 0 Å². The molecule has 1 aliphatic carbocycles. The molecule has 1 aromatic rings. The maximum absolute atomic E-state index is 12.2. The molecule has 0 aromatic carbocycles. The molecule has 1 saturated carbocycles. The number of aromatic nitrogens is 1. The fourth-order valence-electron chi connectivity index (χ4n) is 1.76. The first-order valence-electron chi connectivity index (χ1n) is 5.51. The lowest BCUT2D eigenvalue weighted by atomic mass is 10.2. The van der Waals surface area contributed by atoms with Crippen molar-refractivity contribution in [3.05, 3.63) is 29.6 Å². The van der Waals surface area contributed by atoms with E-state index in [2.05, 4.69) is 20.9 Å². The van der Waals surface area contributed by atoms with Gasteiger partial charge < -0.3 is 4.90 Å². The van der Waals surface area contributed by atoms with Crippen LogP contribution in [0.25, 0.3) is 0 Å². The lowest BCUT2D eigenvalue weighted by Gasteiger charge is -2.21. The number of hydrogen-bond donors (Lipinski definition) is 0. The molecule has 2 rings (SSSR count). The van der Waals surface area contributed by atoms with Gasteiger partial charge in [0.25, 0.3) is 5.91 Å². The number of hydrogen-bond acceptors (Lipinski definition) is 2. The van der Waals surface area contributed by atoms with Gasteiger partial charge in [0.15, 0.2) is 0 Å². The third-order valence-electron chi connectivity index (χ3n) is 2.70. The van der Waals surface area contributed by atoms with Crippen molar-refractivity contribution in [1.82, 2.24) is 9.88 Å². The molecule has 0 N–H and O–H groups in total. The quantitative estimate of drug-likeness (QED) is 0.795. The van der Waals surface area contributed by atoms with E-state index in [1.807, 2.05) is 17.9 Å². The maximum atomic E-state index is 12.2. The normalized spacial score (nSPS) is 14.9. The number of aryl methyl sites for hydroxylation is 1. The Morgan fingerprint density at radius 1 is 1.56 bits per heavy atom. The zero-order chi connectivity index (χ0) is 11.5. The number of rotatable bonds is 4. The van der Waals surface area contributed by atoms with Gasteiger partial charge in [-0.1, -0.05) is 15.9 Å². The molecule has 0 bridgehead atoms. The second kappa shape index (κ2) is 4.95. The van der Waals surface area contributed by atoms with Crippen LogP contribution < -0.4 is 0 Å². The van der Waals surface area contributed by atoms with Gasteiger partial charge in [-0.25, -0.2) is 0 Å². The maximum Gasteiger partial charge on any atom is 0.255 e. The summed E-state index contributed by atoms with van der Waals surface area (Å²) in [5.41, 5.74) is 1.73. The van der Waals surface area contributed by atoms with Crippen molar-refractivity contribution >= 4 is 21.8 Å². The molecule has 86 valence electrons.